The van der Waals surface area contributed by atoms with Crippen molar-refractivity contribution in [2.45, 2.75) is 32.2 Å². The van der Waals surface area contributed by atoms with Crippen molar-refractivity contribution in [3.63, 3.8) is 0 Å². The number of hydrogen-bond acceptors (Lipinski definition) is 2. The topological polar surface area (TPSA) is 78.4 Å². The molecule has 0 heterocycles. The van der Waals surface area contributed by atoms with Gasteiger partial charge in [0.15, 0.2) is 0 Å². The molecule has 21 heavy (non-hydrogen) atoms. The van der Waals surface area contributed by atoms with Crippen molar-refractivity contribution in [2.75, 3.05) is 5.32 Å². The lowest BCUT2D eigenvalue weighted by atomic mass is 9.99. The largest absolute Gasteiger partial charge is 0.478 e. The minimum Gasteiger partial charge on any atom is -0.478 e. The van der Waals surface area contributed by atoms with Gasteiger partial charge in [0.2, 0.25) is 0 Å². The van der Waals surface area contributed by atoms with E-state index in [9.17, 15) is 9.59 Å². The van der Waals surface area contributed by atoms with E-state index >= 15 is 0 Å². The van der Waals surface area contributed by atoms with Crippen LogP contribution < -0.4 is 10.6 Å². The molecule has 2 amide bonds. The maximum Gasteiger partial charge on any atom is 0.328 e. The molecular formula is C16H20N2O3. The zero-order valence-electron chi connectivity index (χ0n) is 12.2. The quantitative estimate of drug-likeness (QED) is 0.728. The Hall–Kier alpha value is -2.30. The Morgan fingerprint density at radius 3 is 2.38 bits per heavy atom. The van der Waals surface area contributed by atoms with Crippen LogP contribution in [0, 0.1) is 5.92 Å². The number of carbonyl (C=O) groups excluding carboxylic acids is 1. The number of hydrogen-bond donors (Lipinski definition) is 3. The van der Waals surface area contributed by atoms with Crippen molar-refractivity contribution in [1.29, 1.82) is 0 Å². The highest BCUT2D eigenvalue weighted by atomic mass is 16.4. The van der Waals surface area contributed by atoms with Crippen LogP contribution >= 0.6 is 0 Å². The predicted molar refractivity (Wildman–Crippen MR) is 82.1 cm³/mol. The van der Waals surface area contributed by atoms with Gasteiger partial charge in [-0.3, -0.25) is 0 Å². The minimum absolute atomic E-state index is 0.186. The van der Waals surface area contributed by atoms with Crippen LogP contribution in [0.2, 0.25) is 0 Å². The summed E-state index contributed by atoms with van der Waals surface area (Å²) in [6.45, 7) is 4.06. The van der Waals surface area contributed by atoms with Crippen molar-refractivity contribution in [1.82, 2.24) is 5.32 Å². The molecule has 0 atom stereocenters. The number of carbonyl (C=O) groups is 2. The Balaban J connectivity index is 1.90. The lowest BCUT2D eigenvalue weighted by Gasteiger charge is -2.26. The molecule has 112 valence electrons. The maximum absolute atomic E-state index is 11.9. The lowest BCUT2D eigenvalue weighted by molar-refractivity contribution is -0.131. The van der Waals surface area contributed by atoms with E-state index in [0.717, 1.165) is 24.5 Å². The second-order valence-corrected chi connectivity index (χ2v) is 5.87. The number of nitrogens with one attached hydrogen (secondary N) is 2. The third-order valence-electron chi connectivity index (χ3n) is 3.62. The van der Waals surface area contributed by atoms with E-state index in [1.54, 1.807) is 24.3 Å². The second-order valence-electron chi connectivity index (χ2n) is 5.87. The van der Waals surface area contributed by atoms with Gasteiger partial charge in [-0.05, 0) is 56.4 Å². The average molecular weight is 288 g/mol. The molecule has 5 nitrogen and oxygen atoms in total. The summed E-state index contributed by atoms with van der Waals surface area (Å²) in [5, 5.41) is 14.3. The van der Waals surface area contributed by atoms with Gasteiger partial charge in [-0.2, -0.15) is 0 Å². The number of amides is 2. The Kier molecular flexibility index (Phi) is 4.31. The molecule has 0 spiro atoms. The second kappa shape index (κ2) is 5.99. The number of rotatable bonds is 5. The molecule has 0 bridgehead atoms. The summed E-state index contributed by atoms with van der Waals surface area (Å²) in [5.41, 5.74) is 1.25. The number of aliphatic carboxylic acids is 1. The fraction of sp³-hybridized carbons (Fsp3) is 0.375. The van der Waals surface area contributed by atoms with Crippen molar-refractivity contribution in [3.8, 4) is 0 Å². The van der Waals surface area contributed by atoms with Crippen molar-refractivity contribution >= 4 is 23.8 Å². The van der Waals surface area contributed by atoms with Crippen LogP contribution in [0.15, 0.2) is 30.3 Å². The number of carboxylic acid groups (broad SMARTS) is 1. The molecule has 0 radical (unpaired) electrons. The molecule has 1 aliphatic rings. The third kappa shape index (κ3) is 4.63. The standard InChI is InChI=1S/C16H20N2O3/c1-16(2,12-6-7-12)18-15(21)17-13-8-3-11(4-9-13)5-10-14(19)20/h3-5,8-10,12H,6-7H2,1-2H3,(H,19,20)(H2,17,18,21)/b10-5+. The zero-order chi connectivity index (χ0) is 15.5. The van der Waals surface area contributed by atoms with Gasteiger partial charge in [-0.15, -0.1) is 0 Å². The van der Waals surface area contributed by atoms with Gasteiger partial charge in [0.1, 0.15) is 0 Å². The Morgan fingerprint density at radius 2 is 1.86 bits per heavy atom. The molecule has 1 aromatic rings. The van der Waals surface area contributed by atoms with Crippen LogP contribution in [-0.4, -0.2) is 22.6 Å². The van der Waals surface area contributed by atoms with Crippen LogP contribution in [0.25, 0.3) is 6.08 Å². The molecular weight excluding hydrogens is 268 g/mol. The van der Waals surface area contributed by atoms with E-state index in [1.807, 2.05) is 13.8 Å². The van der Waals surface area contributed by atoms with E-state index in [1.165, 1.54) is 6.08 Å². The van der Waals surface area contributed by atoms with Crippen molar-refractivity contribution in [2.24, 2.45) is 5.92 Å². The molecule has 0 saturated heterocycles. The fourth-order valence-electron chi connectivity index (χ4n) is 2.21. The van der Waals surface area contributed by atoms with E-state index in [2.05, 4.69) is 10.6 Å². The average Bonchev–Trinajstić information content (AvgIpc) is 3.21. The highest BCUT2D eigenvalue weighted by Crippen LogP contribution is 2.39. The lowest BCUT2D eigenvalue weighted by Crippen LogP contribution is -2.47. The fourth-order valence-corrected chi connectivity index (χ4v) is 2.21. The van der Waals surface area contributed by atoms with E-state index in [0.29, 0.717) is 11.6 Å². The molecule has 0 aliphatic heterocycles. The molecule has 1 aliphatic carbocycles. The first kappa shape index (κ1) is 15.1. The van der Waals surface area contributed by atoms with Crippen molar-refractivity contribution < 1.29 is 14.7 Å². The first-order chi connectivity index (χ1) is 9.87. The first-order valence-corrected chi connectivity index (χ1v) is 6.97. The monoisotopic (exact) mass is 288 g/mol. The smallest absolute Gasteiger partial charge is 0.328 e. The number of anilines is 1. The predicted octanol–water partition coefficient (Wildman–Crippen LogP) is 3.09. The molecule has 1 aromatic carbocycles. The highest BCUT2D eigenvalue weighted by Gasteiger charge is 2.38. The van der Waals surface area contributed by atoms with Gasteiger partial charge < -0.3 is 15.7 Å². The van der Waals surface area contributed by atoms with Crippen molar-refractivity contribution in [3.05, 3.63) is 35.9 Å². The number of carboxylic acids is 1. The zero-order valence-corrected chi connectivity index (χ0v) is 12.2. The summed E-state index contributed by atoms with van der Waals surface area (Å²) >= 11 is 0. The summed E-state index contributed by atoms with van der Waals surface area (Å²) < 4.78 is 0. The first-order valence-electron chi connectivity index (χ1n) is 6.97. The van der Waals surface area contributed by atoms with Gasteiger partial charge in [0, 0.05) is 17.3 Å². The van der Waals surface area contributed by atoms with Gasteiger partial charge in [-0.1, -0.05) is 12.1 Å². The van der Waals surface area contributed by atoms with E-state index < -0.39 is 5.97 Å². The summed E-state index contributed by atoms with van der Waals surface area (Å²) in [7, 11) is 0. The molecule has 1 saturated carbocycles. The molecule has 1 fully saturated rings. The van der Waals surface area contributed by atoms with E-state index in [4.69, 9.17) is 5.11 Å². The summed E-state index contributed by atoms with van der Waals surface area (Å²) in [5.74, 6) is -0.425. The summed E-state index contributed by atoms with van der Waals surface area (Å²) in [4.78, 5) is 22.4. The van der Waals surface area contributed by atoms with Gasteiger partial charge in [0.25, 0.3) is 0 Å². The number of benzene rings is 1. The maximum atomic E-state index is 11.9. The molecule has 5 heteroatoms. The van der Waals surface area contributed by atoms with Crippen LogP contribution in [0.3, 0.4) is 0 Å². The van der Waals surface area contributed by atoms with Crippen LogP contribution in [0.1, 0.15) is 32.3 Å². The SMILES string of the molecule is CC(C)(NC(=O)Nc1ccc(/C=C/C(=O)O)cc1)C1CC1. The van der Waals surface area contributed by atoms with Gasteiger partial charge >= 0.3 is 12.0 Å². The van der Waals surface area contributed by atoms with Gasteiger partial charge in [0.05, 0.1) is 0 Å². The van der Waals surface area contributed by atoms with Gasteiger partial charge in [-0.25, -0.2) is 9.59 Å². The normalized spacial score (nSPS) is 15.0. The van der Waals surface area contributed by atoms with Crippen LogP contribution in [0.5, 0.6) is 0 Å². The van der Waals surface area contributed by atoms with E-state index in [-0.39, 0.29) is 11.6 Å². The third-order valence-corrected chi connectivity index (χ3v) is 3.62. The summed E-state index contributed by atoms with van der Waals surface area (Å²) in [6, 6.07) is 6.76. The molecule has 3 N–H and O–H groups in total. The summed E-state index contributed by atoms with van der Waals surface area (Å²) in [6.07, 6.45) is 4.91. The Labute approximate surface area is 124 Å². The van der Waals surface area contributed by atoms with Crippen LogP contribution in [-0.2, 0) is 4.79 Å². The van der Waals surface area contributed by atoms with Crippen LogP contribution in [0.4, 0.5) is 10.5 Å². The highest BCUT2D eigenvalue weighted by molar-refractivity contribution is 5.90. The minimum atomic E-state index is -0.987. The molecule has 0 unspecified atom stereocenters. The number of urea groups is 1. The molecule has 2 rings (SSSR count). The Morgan fingerprint density at radius 1 is 1.24 bits per heavy atom. The molecule has 0 aromatic heterocycles. The Bertz CT molecular complexity index is 557.